The van der Waals surface area contributed by atoms with E-state index in [0.717, 1.165) is 38.1 Å². The molecule has 1 aromatic carbocycles. The summed E-state index contributed by atoms with van der Waals surface area (Å²) >= 11 is 0. The van der Waals surface area contributed by atoms with Crippen LogP contribution in [-0.4, -0.2) is 40.6 Å². The van der Waals surface area contributed by atoms with Crippen molar-refractivity contribution in [2.45, 2.75) is 31.2 Å². The van der Waals surface area contributed by atoms with Crippen molar-refractivity contribution in [2.75, 3.05) is 20.2 Å². The van der Waals surface area contributed by atoms with Crippen LogP contribution in [0.25, 0.3) is 0 Å². The summed E-state index contributed by atoms with van der Waals surface area (Å²) in [5.74, 6) is 1.71. The van der Waals surface area contributed by atoms with E-state index in [0.29, 0.717) is 17.9 Å². The van der Waals surface area contributed by atoms with Gasteiger partial charge in [0.1, 0.15) is 5.75 Å². The molecule has 2 fully saturated rings. The van der Waals surface area contributed by atoms with Gasteiger partial charge in [-0.15, -0.1) is 0 Å². The second-order valence-electron chi connectivity index (χ2n) is 6.81. The molecule has 0 radical (unpaired) electrons. The van der Waals surface area contributed by atoms with Gasteiger partial charge in [0.15, 0.2) is 0 Å². The van der Waals surface area contributed by atoms with Gasteiger partial charge >= 0.3 is 0 Å². The molecule has 0 bridgehead atoms. The van der Waals surface area contributed by atoms with Crippen LogP contribution in [-0.2, 0) is 4.79 Å². The van der Waals surface area contributed by atoms with E-state index in [1.165, 1.54) is 5.56 Å². The first kappa shape index (κ1) is 15.2. The highest BCUT2D eigenvalue weighted by Gasteiger charge is 2.46. The van der Waals surface area contributed by atoms with Crippen molar-refractivity contribution < 1.29 is 9.53 Å². The first-order valence-electron chi connectivity index (χ1n) is 8.66. The standard InChI is InChI=1S/C19H23N3O2/c1-24-16-6-4-14(5-7-16)17-11-18(17)19(23)21-9-2-3-15(12-21)22-10-8-20-13-22/h4-8,10,13,15,17-18H,2-3,9,11-12H2,1H3/t15-,17+,18+/m1/s1. The van der Waals surface area contributed by atoms with Gasteiger partial charge in [-0.1, -0.05) is 12.1 Å². The Balaban J connectivity index is 1.39. The van der Waals surface area contributed by atoms with Gasteiger partial charge in [-0.05, 0) is 42.9 Å². The molecule has 3 atom stereocenters. The molecule has 1 aliphatic heterocycles. The Hall–Kier alpha value is -2.30. The molecular weight excluding hydrogens is 302 g/mol. The number of rotatable bonds is 4. The topological polar surface area (TPSA) is 47.4 Å². The lowest BCUT2D eigenvalue weighted by Crippen LogP contribution is -2.41. The summed E-state index contributed by atoms with van der Waals surface area (Å²) in [6.45, 7) is 1.69. The number of hydrogen-bond acceptors (Lipinski definition) is 3. The second kappa shape index (κ2) is 6.30. The number of carbonyl (C=O) groups excluding carboxylic acids is 1. The highest BCUT2D eigenvalue weighted by atomic mass is 16.5. The van der Waals surface area contributed by atoms with Crippen molar-refractivity contribution in [3.63, 3.8) is 0 Å². The van der Waals surface area contributed by atoms with E-state index in [-0.39, 0.29) is 5.92 Å². The van der Waals surface area contributed by atoms with E-state index in [2.05, 4.69) is 26.6 Å². The number of imidazole rings is 1. The van der Waals surface area contributed by atoms with Crippen molar-refractivity contribution >= 4 is 5.91 Å². The van der Waals surface area contributed by atoms with E-state index in [1.807, 2.05) is 24.7 Å². The van der Waals surface area contributed by atoms with Gasteiger partial charge in [0, 0.05) is 31.4 Å². The van der Waals surface area contributed by atoms with Crippen LogP contribution in [0, 0.1) is 5.92 Å². The molecule has 0 spiro atoms. The van der Waals surface area contributed by atoms with Crippen LogP contribution in [0.3, 0.4) is 0 Å². The van der Waals surface area contributed by atoms with E-state index in [9.17, 15) is 4.79 Å². The fourth-order valence-corrected chi connectivity index (χ4v) is 3.81. The predicted octanol–water partition coefficient (Wildman–Crippen LogP) is 2.86. The summed E-state index contributed by atoms with van der Waals surface area (Å²) in [6, 6.07) is 8.49. The number of likely N-dealkylation sites (tertiary alicyclic amines) is 1. The van der Waals surface area contributed by atoms with Crippen LogP contribution >= 0.6 is 0 Å². The smallest absolute Gasteiger partial charge is 0.226 e. The lowest BCUT2D eigenvalue weighted by atomic mass is 10.0. The minimum Gasteiger partial charge on any atom is -0.497 e. The predicted molar refractivity (Wildman–Crippen MR) is 90.9 cm³/mol. The molecule has 24 heavy (non-hydrogen) atoms. The summed E-state index contributed by atoms with van der Waals surface area (Å²) < 4.78 is 7.34. The Bertz CT molecular complexity index is 696. The van der Waals surface area contributed by atoms with Crippen LogP contribution in [0.4, 0.5) is 0 Å². The molecule has 126 valence electrons. The normalized spacial score (nSPS) is 26.2. The van der Waals surface area contributed by atoms with E-state index in [1.54, 1.807) is 13.3 Å². The number of piperidine rings is 1. The maximum atomic E-state index is 12.9. The van der Waals surface area contributed by atoms with Crippen LogP contribution in [0.15, 0.2) is 43.0 Å². The van der Waals surface area contributed by atoms with E-state index < -0.39 is 0 Å². The van der Waals surface area contributed by atoms with Crippen LogP contribution in [0.2, 0.25) is 0 Å². The monoisotopic (exact) mass is 325 g/mol. The molecule has 2 aliphatic rings. The molecular formula is C19H23N3O2. The van der Waals surface area contributed by atoms with Gasteiger partial charge in [0.2, 0.25) is 5.91 Å². The fourth-order valence-electron chi connectivity index (χ4n) is 3.81. The van der Waals surface area contributed by atoms with Crippen molar-refractivity contribution in [3.8, 4) is 5.75 Å². The summed E-state index contributed by atoms with van der Waals surface area (Å²) in [4.78, 5) is 19.0. The molecule has 1 aromatic heterocycles. The number of amides is 1. The first-order chi connectivity index (χ1) is 11.8. The largest absolute Gasteiger partial charge is 0.497 e. The molecule has 1 amide bonds. The molecule has 0 unspecified atom stereocenters. The molecule has 2 heterocycles. The molecule has 0 N–H and O–H groups in total. The van der Waals surface area contributed by atoms with Gasteiger partial charge in [-0.2, -0.15) is 0 Å². The number of nitrogens with zero attached hydrogens (tertiary/aromatic N) is 3. The lowest BCUT2D eigenvalue weighted by Gasteiger charge is -2.33. The Labute approximate surface area is 142 Å². The van der Waals surface area contributed by atoms with Crippen molar-refractivity contribution in [2.24, 2.45) is 5.92 Å². The number of carbonyl (C=O) groups is 1. The van der Waals surface area contributed by atoms with E-state index in [4.69, 9.17) is 4.74 Å². The zero-order valence-electron chi connectivity index (χ0n) is 14.0. The number of hydrogen-bond donors (Lipinski definition) is 0. The molecule has 4 rings (SSSR count). The zero-order chi connectivity index (χ0) is 16.5. The lowest BCUT2D eigenvalue weighted by molar-refractivity contribution is -0.134. The third-order valence-electron chi connectivity index (χ3n) is 5.31. The Kier molecular flexibility index (Phi) is 4.00. The quantitative estimate of drug-likeness (QED) is 0.868. The first-order valence-corrected chi connectivity index (χ1v) is 8.66. The van der Waals surface area contributed by atoms with Gasteiger partial charge < -0.3 is 14.2 Å². The van der Waals surface area contributed by atoms with Crippen LogP contribution in [0.1, 0.15) is 36.8 Å². The zero-order valence-corrected chi connectivity index (χ0v) is 14.0. The Morgan fingerprint density at radius 3 is 2.83 bits per heavy atom. The van der Waals surface area contributed by atoms with Crippen LogP contribution in [0.5, 0.6) is 5.75 Å². The third-order valence-corrected chi connectivity index (χ3v) is 5.31. The number of benzene rings is 1. The average Bonchev–Trinajstić information content (AvgIpc) is 3.25. The Morgan fingerprint density at radius 1 is 1.29 bits per heavy atom. The van der Waals surface area contributed by atoms with Gasteiger partial charge in [-0.3, -0.25) is 4.79 Å². The molecule has 1 saturated carbocycles. The average molecular weight is 325 g/mol. The summed E-state index contributed by atoms with van der Waals surface area (Å²) in [7, 11) is 1.67. The minimum atomic E-state index is 0.153. The van der Waals surface area contributed by atoms with Crippen LogP contribution < -0.4 is 4.74 Å². The third kappa shape index (κ3) is 2.90. The van der Waals surface area contributed by atoms with E-state index >= 15 is 0 Å². The molecule has 2 aromatic rings. The molecule has 5 heteroatoms. The molecule has 5 nitrogen and oxygen atoms in total. The minimum absolute atomic E-state index is 0.153. The highest BCUT2D eigenvalue weighted by molar-refractivity contribution is 5.83. The van der Waals surface area contributed by atoms with Crippen molar-refractivity contribution in [1.82, 2.24) is 14.5 Å². The summed E-state index contributed by atoms with van der Waals surface area (Å²) in [6.07, 6.45) is 8.81. The maximum absolute atomic E-state index is 12.9. The van der Waals surface area contributed by atoms with Crippen molar-refractivity contribution in [3.05, 3.63) is 48.5 Å². The second-order valence-corrected chi connectivity index (χ2v) is 6.81. The number of aromatic nitrogens is 2. The molecule has 1 saturated heterocycles. The number of methoxy groups -OCH3 is 1. The van der Waals surface area contributed by atoms with Gasteiger partial charge in [0.25, 0.3) is 0 Å². The maximum Gasteiger partial charge on any atom is 0.226 e. The Morgan fingerprint density at radius 2 is 2.12 bits per heavy atom. The van der Waals surface area contributed by atoms with Gasteiger partial charge in [-0.25, -0.2) is 4.98 Å². The SMILES string of the molecule is COc1ccc([C@@H]2C[C@@H]2C(=O)N2CCC[C@@H](n3ccnc3)C2)cc1. The summed E-state index contributed by atoms with van der Waals surface area (Å²) in [5.41, 5.74) is 1.25. The van der Waals surface area contributed by atoms with Gasteiger partial charge in [0.05, 0.1) is 19.5 Å². The number of ether oxygens (including phenoxy) is 1. The fraction of sp³-hybridized carbons (Fsp3) is 0.474. The molecule has 1 aliphatic carbocycles. The summed E-state index contributed by atoms with van der Waals surface area (Å²) in [5, 5.41) is 0. The highest BCUT2D eigenvalue weighted by Crippen LogP contribution is 2.49. The van der Waals surface area contributed by atoms with Crippen molar-refractivity contribution in [1.29, 1.82) is 0 Å².